The van der Waals surface area contributed by atoms with Crippen LogP contribution in [-0.4, -0.2) is 49.9 Å². The van der Waals surface area contributed by atoms with Crippen LogP contribution in [0.3, 0.4) is 0 Å². The van der Waals surface area contributed by atoms with Gasteiger partial charge in [-0.2, -0.15) is 5.10 Å². The minimum Gasteiger partial charge on any atom is -0.369 e. The zero-order chi connectivity index (χ0) is 32.7. The minimum absolute atomic E-state index is 0.0916. The van der Waals surface area contributed by atoms with Crippen LogP contribution in [0.15, 0.2) is 91.4 Å². The number of imidazole rings is 1. The highest BCUT2D eigenvalue weighted by Crippen LogP contribution is 2.35. The number of halogens is 2. The van der Waals surface area contributed by atoms with Crippen molar-refractivity contribution in [3.8, 4) is 33.9 Å². The molecule has 7 rings (SSSR count). The van der Waals surface area contributed by atoms with E-state index in [1.54, 1.807) is 48.8 Å². The van der Waals surface area contributed by atoms with E-state index in [9.17, 15) is 17.9 Å². The van der Waals surface area contributed by atoms with Gasteiger partial charge in [-0.3, -0.25) is 15.1 Å². The number of rotatable bonds is 9. The number of aromatic nitrogens is 6. The number of nitrogens with zero attached hydrogens (tertiary/aromatic N) is 4. The Morgan fingerprint density at radius 2 is 1.77 bits per heavy atom. The van der Waals surface area contributed by atoms with Crippen LogP contribution in [0.5, 0.6) is 0 Å². The molecule has 14 heteroatoms. The molecule has 5 N–H and O–H groups in total. The number of aliphatic hydroxyl groups excluding tert-OH is 1. The molecule has 0 aliphatic heterocycles. The molecule has 0 bridgehead atoms. The first kappa shape index (κ1) is 30.1. The summed E-state index contributed by atoms with van der Waals surface area (Å²) in [4.78, 5) is 16.7. The summed E-state index contributed by atoms with van der Waals surface area (Å²) in [6, 6.07) is 19.7. The van der Waals surface area contributed by atoms with Crippen LogP contribution >= 0.6 is 0 Å². The van der Waals surface area contributed by atoms with Gasteiger partial charge in [-0.15, -0.1) is 0 Å². The van der Waals surface area contributed by atoms with E-state index in [4.69, 9.17) is 4.98 Å². The second-order valence-corrected chi connectivity index (χ2v) is 12.8. The molecule has 47 heavy (non-hydrogen) atoms. The summed E-state index contributed by atoms with van der Waals surface area (Å²) in [6.45, 7) is -0.0916. The van der Waals surface area contributed by atoms with E-state index in [1.165, 1.54) is 24.4 Å². The maximum atomic E-state index is 15.4. The molecule has 0 aliphatic rings. The maximum absolute atomic E-state index is 15.4. The topological polar surface area (TPSA) is 162 Å². The number of fused-ring (bicyclic) bond motifs is 2. The first-order chi connectivity index (χ1) is 22.6. The van der Waals surface area contributed by atoms with E-state index in [2.05, 4.69) is 35.2 Å². The van der Waals surface area contributed by atoms with E-state index in [0.717, 1.165) is 6.26 Å². The second-order valence-electron chi connectivity index (χ2n) is 11.0. The molecule has 4 aromatic heterocycles. The maximum Gasteiger partial charge on any atom is 0.209 e. The summed E-state index contributed by atoms with van der Waals surface area (Å²) >= 11 is 0. The number of aliphatic hydroxyl groups is 1. The molecule has 0 saturated carbocycles. The fourth-order valence-electron chi connectivity index (χ4n) is 5.34. The average molecular weight is 653 g/mol. The average Bonchev–Trinajstić information content (AvgIpc) is 3.67. The van der Waals surface area contributed by atoms with Crippen molar-refractivity contribution in [2.45, 2.75) is 12.8 Å². The summed E-state index contributed by atoms with van der Waals surface area (Å²) in [5, 5.41) is 21.5. The Bertz CT molecular complexity index is 2380. The summed E-state index contributed by atoms with van der Waals surface area (Å²) in [6.07, 6.45) is 4.66. The minimum atomic E-state index is -3.48. The lowest BCUT2D eigenvalue weighted by molar-refractivity contribution is 0.208. The molecule has 1 atom stereocenters. The highest BCUT2D eigenvalue weighted by molar-refractivity contribution is 7.88. The molecule has 0 aliphatic carbocycles. The highest BCUT2D eigenvalue weighted by atomic mass is 32.2. The molecule has 236 valence electrons. The standard InChI is InChI=1S/C33H26F2N8O3S/c1-47(45,46)38-15-18-9-20(11-22(34)10-18)29-31-27(7-8-37-29)40-32(41-31)30-25-13-24(26(35)14-28(25)42-43-30)21-12-23(17-36-16-21)39-33(44)19-5-3-2-4-6-19/h2-14,16-17,33,38-39,44H,15H2,1H3,(H,40,41)(H,42,43). The van der Waals surface area contributed by atoms with Crippen molar-refractivity contribution in [2.24, 2.45) is 0 Å². The molecule has 0 fully saturated rings. The molecule has 0 radical (unpaired) electrons. The Kier molecular flexibility index (Phi) is 7.67. The van der Waals surface area contributed by atoms with Crippen molar-refractivity contribution in [3.05, 3.63) is 114 Å². The summed E-state index contributed by atoms with van der Waals surface area (Å²) < 4.78 is 55.6. The quantitative estimate of drug-likeness (QED) is 0.125. The number of hydrogen-bond donors (Lipinski definition) is 5. The van der Waals surface area contributed by atoms with Gasteiger partial charge in [0.1, 0.15) is 22.8 Å². The summed E-state index contributed by atoms with van der Waals surface area (Å²) in [7, 11) is -3.48. The van der Waals surface area contributed by atoms with Crippen molar-refractivity contribution in [1.29, 1.82) is 0 Å². The van der Waals surface area contributed by atoms with E-state index in [-0.39, 0.29) is 12.1 Å². The zero-order valence-electron chi connectivity index (χ0n) is 24.7. The van der Waals surface area contributed by atoms with Gasteiger partial charge in [-0.25, -0.2) is 26.9 Å². The Balaban J connectivity index is 1.24. The third-order valence-corrected chi connectivity index (χ3v) is 8.18. The number of sulfonamides is 1. The number of anilines is 1. The lowest BCUT2D eigenvalue weighted by Crippen LogP contribution is -2.21. The molecule has 7 aromatic rings. The van der Waals surface area contributed by atoms with Gasteiger partial charge in [0.15, 0.2) is 12.1 Å². The van der Waals surface area contributed by atoms with E-state index >= 15 is 4.39 Å². The normalized spacial score (nSPS) is 12.5. The van der Waals surface area contributed by atoms with Gasteiger partial charge in [0, 0.05) is 52.6 Å². The number of benzene rings is 3. The molecular formula is C33H26F2N8O3S. The van der Waals surface area contributed by atoms with Crippen LogP contribution in [0, 0.1) is 11.6 Å². The van der Waals surface area contributed by atoms with Gasteiger partial charge in [-0.05, 0) is 42.0 Å². The third-order valence-electron chi connectivity index (χ3n) is 7.51. The molecule has 4 heterocycles. The lowest BCUT2D eigenvalue weighted by atomic mass is 10.0. The number of nitrogens with one attached hydrogen (secondary N) is 4. The van der Waals surface area contributed by atoms with Crippen LogP contribution in [0.2, 0.25) is 0 Å². The number of H-pyrrole nitrogens is 2. The molecule has 0 spiro atoms. The fourth-order valence-corrected chi connectivity index (χ4v) is 5.77. The first-order valence-electron chi connectivity index (χ1n) is 14.3. The molecule has 0 amide bonds. The van der Waals surface area contributed by atoms with Crippen LogP contribution in [0.25, 0.3) is 55.8 Å². The van der Waals surface area contributed by atoms with Crippen molar-refractivity contribution >= 4 is 37.6 Å². The van der Waals surface area contributed by atoms with Gasteiger partial charge in [0.2, 0.25) is 10.0 Å². The predicted octanol–water partition coefficient (Wildman–Crippen LogP) is 5.66. The van der Waals surface area contributed by atoms with Crippen LogP contribution < -0.4 is 10.0 Å². The zero-order valence-corrected chi connectivity index (χ0v) is 25.5. The third kappa shape index (κ3) is 6.29. The van der Waals surface area contributed by atoms with E-state index in [1.807, 2.05) is 18.2 Å². The largest absolute Gasteiger partial charge is 0.369 e. The van der Waals surface area contributed by atoms with E-state index < -0.39 is 27.9 Å². The van der Waals surface area contributed by atoms with Crippen LogP contribution in [0.4, 0.5) is 14.5 Å². The second kappa shape index (κ2) is 12.0. The van der Waals surface area contributed by atoms with Crippen molar-refractivity contribution < 1.29 is 22.3 Å². The van der Waals surface area contributed by atoms with Crippen molar-refractivity contribution in [1.82, 2.24) is 34.9 Å². The Labute approximate surface area is 266 Å². The first-order valence-corrected chi connectivity index (χ1v) is 16.2. The molecule has 3 aromatic carbocycles. The summed E-state index contributed by atoms with van der Waals surface area (Å²) in [5.74, 6) is -0.690. The Morgan fingerprint density at radius 3 is 2.57 bits per heavy atom. The van der Waals surface area contributed by atoms with Gasteiger partial charge in [0.25, 0.3) is 0 Å². The van der Waals surface area contributed by atoms with Gasteiger partial charge >= 0.3 is 0 Å². The van der Waals surface area contributed by atoms with E-state index in [0.29, 0.717) is 67.1 Å². The highest BCUT2D eigenvalue weighted by Gasteiger charge is 2.19. The smallest absolute Gasteiger partial charge is 0.209 e. The van der Waals surface area contributed by atoms with Crippen molar-refractivity contribution in [3.63, 3.8) is 0 Å². The lowest BCUT2D eigenvalue weighted by Gasteiger charge is -2.15. The SMILES string of the molecule is CS(=O)(=O)NCc1cc(F)cc(-c2nccc3[nH]c(-c4n[nH]c5cc(F)c(-c6cncc(NC(O)c7ccccc7)c6)cc45)nc23)c1. The molecule has 0 saturated heterocycles. The predicted molar refractivity (Wildman–Crippen MR) is 174 cm³/mol. The van der Waals surface area contributed by atoms with Gasteiger partial charge in [0.05, 0.1) is 34.9 Å². The number of pyridine rings is 2. The number of hydrogen-bond acceptors (Lipinski definition) is 8. The summed E-state index contributed by atoms with van der Waals surface area (Å²) in [5.41, 5.74) is 5.00. The molecule has 11 nitrogen and oxygen atoms in total. The van der Waals surface area contributed by atoms with Crippen LogP contribution in [0.1, 0.15) is 17.4 Å². The number of aromatic amines is 2. The van der Waals surface area contributed by atoms with Crippen molar-refractivity contribution in [2.75, 3.05) is 11.6 Å². The Morgan fingerprint density at radius 1 is 0.936 bits per heavy atom. The Hall–Kier alpha value is -5.57. The molecule has 1 unspecified atom stereocenters. The van der Waals surface area contributed by atoms with Crippen LogP contribution in [-0.2, 0) is 16.6 Å². The van der Waals surface area contributed by atoms with Gasteiger partial charge < -0.3 is 15.4 Å². The fraction of sp³-hybridized carbons (Fsp3) is 0.0909. The monoisotopic (exact) mass is 652 g/mol. The molecular weight excluding hydrogens is 626 g/mol. The van der Waals surface area contributed by atoms with Gasteiger partial charge in [-0.1, -0.05) is 30.3 Å².